The van der Waals surface area contributed by atoms with Gasteiger partial charge < -0.3 is 10.2 Å². The lowest BCUT2D eigenvalue weighted by Gasteiger charge is -2.04. The van der Waals surface area contributed by atoms with Gasteiger partial charge in [0.25, 0.3) is 5.91 Å². The van der Waals surface area contributed by atoms with Gasteiger partial charge in [0.15, 0.2) is 6.61 Å². The molecule has 2 aromatic carbocycles. The maximum Gasteiger partial charge on any atom is 0.261 e. The van der Waals surface area contributed by atoms with Gasteiger partial charge in [0, 0.05) is 6.54 Å². The summed E-state index contributed by atoms with van der Waals surface area (Å²) in [5, 5.41) is 6.54. The van der Waals surface area contributed by atoms with Crippen LogP contribution in [0.3, 0.4) is 0 Å². The average molecular weight is 282 g/mol. The standard InChI is InChI=1S/C17H18N2O2/c1-14-7-9-16(10-8-14)11-18-17(20)13-21-19-12-15-5-3-2-4-6-15/h2-10,12H,11,13H2,1H3,(H,18,20)/b19-12+. The van der Waals surface area contributed by atoms with Crippen LogP contribution in [0.1, 0.15) is 16.7 Å². The Balaban J connectivity index is 1.68. The number of nitrogens with zero attached hydrogens (tertiary/aromatic N) is 1. The normalized spacial score (nSPS) is 10.5. The van der Waals surface area contributed by atoms with Gasteiger partial charge in [-0.1, -0.05) is 65.3 Å². The molecular weight excluding hydrogens is 264 g/mol. The van der Waals surface area contributed by atoms with E-state index in [9.17, 15) is 4.79 Å². The molecule has 1 N–H and O–H groups in total. The molecule has 4 heteroatoms. The molecule has 0 saturated heterocycles. The molecule has 0 aliphatic rings. The monoisotopic (exact) mass is 282 g/mol. The maximum atomic E-state index is 11.6. The van der Waals surface area contributed by atoms with E-state index in [1.807, 2.05) is 61.5 Å². The van der Waals surface area contributed by atoms with E-state index in [1.165, 1.54) is 5.56 Å². The van der Waals surface area contributed by atoms with E-state index in [2.05, 4.69) is 10.5 Å². The number of hydrogen-bond acceptors (Lipinski definition) is 3. The quantitative estimate of drug-likeness (QED) is 0.654. The molecule has 0 bridgehead atoms. The second kappa shape index (κ2) is 7.85. The minimum atomic E-state index is -0.194. The molecule has 0 heterocycles. The first kappa shape index (κ1) is 14.8. The molecule has 0 aliphatic carbocycles. The van der Waals surface area contributed by atoms with Crippen LogP contribution in [-0.2, 0) is 16.2 Å². The first-order chi connectivity index (χ1) is 10.2. The smallest absolute Gasteiger partial charge is 0.261 e. The van der Waals surface area contributed by atoms with Crippen LogP contribution in [-0.4, -0.2) is 18.7 Å². The molecule has 0 radical (unpaired) electrons. The van der Waals surface area contributed by atoms with Gasteiger partial charge in [0.1, 0.15) is 0 Å². The highest BCUT2D eigenvalue weighted by atomic mass is 16.6. The van der Waals surface area contributed by atoms with Crippen LogP contribution in [0.5, 0.6) is 0 Å². The second-order valence-corrected chi connectivity index (χ2v) is 4.68. The van der Waals surface area contributed by atoms with E-state index in [1.54, 1.807) is 6.21 Å². The van der Waals surface area contributed by atoms with Crippen molar-refractivity contribution in [1.82, 2.24) is 5.32 Å². The Kier molecular flexibility index (Phi) is 5.52. The summed E-state index contributed by atoms with van der Waals surface area (Å²) in [6, 6.07) is 17.6. The van der Waals surface area contributed by atoms with Crippen molar-refractivity contribution < 1.29 is 9.63 Å². The van der Waals surface area contributed by atoms with E-state index < -0.39 is 0 Å². The molecule has 0 unspecified atom stereocenters. The SMILES string of the molecule is Cc1ccc(CNC(=O)CO/N=C/c2ccccc2)cc1. The molecule has 0 aliphatic heterocycles. The van der Waals surface area contributed by atoms with Gasteiger partial charge in [-0.3, -0.25) is 4.79 Å². The van der Waals surface area contributed by atoms with Crippen LogP contribution < -0.4 is 5.32 Å². The lowest BCUT2D eigenvalue weighted by molar-refractivity contribution is -0.125. The summed E-state index contributed by atoms with van der Waals surface area (Å²) < 4.78 is 0. The second-order valence-electron chi connectivity index (χ2n) is 4.68. The predicted octanol–water partition coefficient (Wildman–Crippen LogP) is 2.66. The number of rotatable bonds is 6. The zero-order chi connectivity index (χ0) is 14.9. The number of amides is 1. The van der Waals surface area contributed by atoms with Crippen LogP contribution in [0, 0.1) is 6.92 Å². The third kappa shape index (κ3) is 5.48. The van der Waals surface area contributed by atoms with Crippen molar-refractivity contribution >= 4 is 12.1 Å². The van der Waals surface area contributed by atoms with Gasteiger partial charge in [0.2, 0.25) is 0 Å². The molecule has 1 amide bonds. The molecule has 108 valence electrons. The summed E-state index contributed by atoms with van der Waals surface area (Å²) in [6.07, 6.45) is 1.58. The zero-order valence-electron chi connectivity index (χ0n) is 12.0. The summed E-state index contributed by atoms with van der Waals surface area (Å²) in [5.74, 6) is -0.194. The minimum Gasteiger partial charge on any atom is -0.386 e. The summed E-state index contributed by atoms with van der Waals surface area (Å²) >= 11 is 0. The Hall–Kier alpha value is -2.62. The molecule has 2 rings (SSSR count). The highest BCUT2D eigenvalue weighted by Gasteiger charge is 2.01. The van der Waals surface area contributed by atoms with Crippen LogP contribution in [0.2, 0.25) is 0 Å². The van der Waals surface area contributed by atoms with Crippen molar-refractivity contribution in [3.8, 4) is 0 Å². The van der Waals surface area contributed by atoms with Crippen LogP contribution in [0.15, 0.2) is 59.8 Å². The maximum absolute atomic E-state index is 11.6. The number of hydrogen-bond donors (Lipinski definition) is 1. The molecular formula is C17H18N2O2. The van der Waals surface area contributed by atoms with Gasteiger partial charge in [0.05, 0.1) is 6.21 Å². The van der Waals surface area contributed by atoms with E-state index in [4.69, 9.17) is 4.84 Å². The minimum absolute atomic E-state index is 0.0881. The van der Waals surface area contributed by atoms with Gasteiger partial charge in [-0.25, -0.2) is 0 Å². The molecule has 2 aromatic rings. The van der Waals surface area contributed by atoms with Gasteiger partial charge in [-0.05, 0) is 18.1 Å². The van der Waals surface area contributed by atoms with Crippen LogP contribution in [0.4, 0.5) is 0 Å². The van der Waals surface area contributed by atoms with Crippen molar-refractivity contribution in [1.29, 1.82) is 0 Å². The number of carbonyl (C=O) groups excluding carboxylic acids is 1. The molecule has 0 saturated carbocycles. The summed E-state index contributed by atoms with van der Waals surface area (Å²) in [4.78, 5) is 16.5. The van der Waals surface area contributed by atoms with Gasteiger partial charge >= 0.3 is 0 Å². The number of oxime groups is 1. The van der Waals surface area contributed by atoms with E-state index in [0.29, 0.717) is 6.54 Å². The van der Waals surface area contributed by atoms with Crippen molar-refractivity contribution in [3.05, 3.63) is 71.3 Å². The molecule has 0 fully saturated rings. The number of nitrogens with one attached hydrogen (secondary N) is 1. The Morgan fingerprint density at radius 3 is 2.57 bits per heavy atom. The van der Waals surface area contributed by atoms with Crippen molar-refractivity contribution in [2.75, 3.05) is 6.61 Å². The molecule has 0 aromatic heterocycles. The average Bonchev–Trinajstić information content (AvgIpc) is 2.52. The largest absolute Gasteiger partial charge is 0.386 e. The van der Waals surface area contributed by atoms with Gasteiger partial charge in [-0.2, -0.15) is 0 Å². The van der Waals surface area contributed by atoms with E-state index in [-0.39, 0.29) is 12.5 Å². The van der Waals surface area contributed by atoms with Crippen LogP contribution >= 0.6 is 0 Å². The van der Waals surface area contributed by atoms with Crippen molar-refractivity contribution in [2.45, 2.75) is 13.5 Å². The first-order valence-corrected chi connectivity index (χ1v) is 6.76. The Bertz CT molecular complexity index is 592. The van der Waals surface area contributed by atoms with Crippen molar-refractivity contribution in [3.63, 3.8) is 0 Å². The Morgan fingerprint density at radius 2 is 1.86 bits per heavy atom. The van der Waals surface area contributed by atoms with E-state index >= 15 is 0 Å². The summed E-state index contributed by atoms with van der Waals surface area (Å²) in [7, 11) is 0. The number of aryl methyl sites for hydroxylation is 1. The Morgan fingerprint density at radius 1 is 1.14 bits per heavy atom. The molecule has 0 atom stereocenters. The highest BCUT2D eigenvalue weighted by Crippen LogP contribution is 2.02. The third-order valence-corrected chi connectivity index (χ3v) is 2.88. The lowest BCUT2D eigenvalue weighted by atomic mass is 10.1. The zero-order valence-corrected chi connectivity index (χ0v) is 12.0. The van der Waals surface area contributed by atoms with E-state index in [0.717, 1.165) is 11.1 Å². The lowest BCUT2D eigenvalue weighted by Crippen LogP contribution is -2.26. The number of carbonyl (C=O) groups is 1. The third-order valence-electron chi connectivity index (χ3n) is 2.88. The van der Waals surface area contributed by atoms with Crippen LogP contribution in [0.25, 0.3) is 0 Å². The fourth-order valence-electron chi connectivity index (χ4n) is 1.69. The first-order valence-electron chi connectivity index (χ1n) is 6.76. The molecule has 0 spiro atoms. The topological polar surface area (TPSA) is 50.7 Å². The van der Waals surface area contributed by atoms with Crippen molar-refractivity contribution in [2.24, 2.45) is 5.16 Å². The summed E-state index contributed by atoms with van der Waals surface area (Å²) in [5.41, 5.74) is 3.18. The summed E-state index contributed by atoms with van der Waals surface area (Å²) in [6.45, 7) is 2.43. The fourth-order valence-corrected chi connectivity index (χ4v) is 1.69. The number of benzene rings is 2. The van der Waals surface area contributed by atoms with Gasteiger partial charge in [-0.15, -0.1) is 0 Å². The Labute approximate surface area is 124 Å². The highest BCUT2D eigenvalue weighted by molar-refractivity contribution is 5.79. The fraction of sp³-hybridized carbons (Fsp3) is 0.176. The molecule has 4 nitrogen and oxygen atoms in total. The molecule has 21 heavy (non-hydrogen) atoms. The predicted molar refractivity (Wildman–Crippen MR) is 83.0 cm³/mol.